The molecule has 0 bridgehead atoms. The highest BCUT2D eigenvalue weighted by Gasteiger charge is 2.36. The Morgan fingerprint density at radius 2 is 1.76 bits per heavy atom. The van der Waals surface area contributed by atoms with E-state index in [1.54, 1.807) is 6.07 Å². The molecule has 1 aliphatic carbocycles. The third kappa shape index (κ3) is 4.80. The molecule has 1 heterocycles. The molecular weight excluding hydrogens is 353 g/mol. The predicted molar refractivity (Wildman–Crippen MR) is 94.4 cm³/mol. The second-order valence-corrected chi connectivity index (χ2v) is 6.77. The van der Waals surface area contributed by atoms with Crippen molar-refractivity contribution in [1.82, 2.24) is 10.2 Å². The molecule has 3 rings (SSSR count). The van der Waals surface area contributed by atoms with Crippen LogP contribution in [0, 0.1) is 5.92 Å². The molecular formula is C18H26ClF3N2O. The van der Waals surface area contributed by atoms with Gasteiger partial charge in [-0.1, -0.05) is 12.8 Å². The highest BCUT2D eigenvalue weighted by molar-refractivity contribution is 5.85. The Morgan fingerprint density at radius 3 is 2.32 bits per heavy atom. The predicted octanol–water partition coefficient (Wildman–Crippen LogP) is 4.27. The standard InChI is InChI=1S/C18H25F3N2O.ClH/c1-24-16-11-14(10-15(12-16)18(19,20)21)17(13-4-2-3-5-13)23-8-6-22-7-9-23;/h10-13,17,22H,2-9H2,1H3;1H/t17-;/m0./s1. The molecule has 7 heteroatoms. The Labute approximate surface area is 153 Å². The van der Waals surface area contributed by atoms with E-state index < -0.39 is 11.7 Å². The fourth-order valence-corrected chi connectivity index (χ4v) is 4.09. The molecule has 1 N–H and O–H groups in total. The smallest absolute Gasteiger partial charge is 0.416 e. The second-order valence-electron chi connectivity index (χ2n) is 6.77. The van der Waals surface area contributed by atoms with E-state index in [0.717, 1.165) is 50.7 Å². The van der Waals surface area contributed by atoms with Gasteiger partial charge in [-0.05, 0) is 42.5 Å². The number of piperazine rings is 1. The van der Waals surface area contributed by atoms with Crippen LogP contribution in [-0.2, 0) is 6.18 Å². The van der Waals surface area contributed by atoms with Gasteiger partial charge < -0.3 is 10.1 Å². The Hall–Kier alpha value is -0.980. The number of nitrogens with one attached hydrogen (secondary N) is 1. The highest BCUT2D eigenvalue weighted by atomic mass is 35.5. The molecule has 2 fully saturated rings. The van der Waals surface area contributed by atoms with E-state index in [1.165, 1.54) is 26.0 Å². The molecule has 0 unspecified atom stereocenters. The maximum absolute atomic E-state index is 13.3. The van der Waals surface area contributed by atoms with E-state index in [0.29, 0.717) is 5.92 Å². The van der Waals surface area contributed by atoms with Crippen molar-refractivity contribution in [2.75, 3.05) is 33.3 Å². The molecule has 1 atom stereocenters. The summed E-state index contributed by atoms with van der Waals surface area (Å²) < 4.78 is 45.0. The first-order valence-electron chi connectivity index (χ1n) is 8.70. The zero-order chi connectivity index (χ0) is 17.2. The van der Waals surface area contributed by atoms with Gasteiger partial charge in [0, 0.05) is 32.2 Å². The van der Waals surface area contributed by atoms with Crippen LogP contribution in [0.2, 0.25) is 0 Å². The van der Waals surface area contributed by atoms with Crippen molar-refractivity contribution < 1.29 is 17.9 Å². The zero-order valence-electron chi connectivity index (χ0n) is 14.4. The van der Waals surface area contributed by atoms with Crippen LogP contribution in [-0.4, -0.2) is 38.2 Å². The van der Waals surface area contributed by atoms with Crippen LogP contribution in [0.4, 0.5) is 13.2 Å². The molecule has 1 saturated heterocycles. The summed E-state index contributed by atoms with van der Waals surface area (Å²) in [4.78, 5) is 2.35. The normalized spacial score (nSPS) is 21.0. The number of hydrogen-bond acceptors (Lipinski definition) is 3. The van der Waals surface area contributed by atoms with Gasteiger partial charge in [0.05, 0.1) is 12.7 Å². The first kappa shape index (κ1) is 20.3. The first-order valence-corrected chi connectivity index (χ1v) is 8.70. The summed E-state index contributed by atoms with van der Waals surface area (Å²) in [6.45, 7) is 3.53. The van der Waals surface area contributed by atoms with Crippen LogP contribution in [0.15, 0.2) is 18.2 Å². The number of rotatable bonds is 4. The lowest BCUT2D eigenvalue weighted by molar-refractivity contribution is -0.137. The van der Waals surface area contributed by atoms with Gasteiger partial charge >= 0.3 is 6.18 Å². The molecule has 0 spiro atoms. The van der Waals surface area contributed by atoms with E-state index in [-0.39, 0.29) is 24.2 Å². The number of benzene rings is 1. The van der Waals surface area contributed by atoms with Crippen LogP contribution in [0.25, 0.3) is 0 Å². The molecule has 3 nitrogen and oxygen atoms in total. The van der Waals surface area contributed by atoms with Crippen LogP contribution in [0.5, 0.6) is 5.75 Å². The topological polar surface area (TPSA) is 24.5 Å². The van der Waals surface area contributed by atoms with Crippen molar-refractivity contribution in [3.8, 4) is 5.75 Å². The lowest BCUT2D eigenvalue weighted by Gasteiger charge is -2.39. The molecule has 25 heavy (non-hydrogen) atoms. The molecule has 1 saturated carbocycles. The number of ether oxygens (including phenoxy) is 1. The highest BCUT2D eigenvalue weighted by Crippen LogP contribution is 2.42. The van der Waals surface area contributed by atoms with Gasteiger partial charge in [0.2, 0.25) is 0 Å². The van der Waals surface area contributed by atoms with E-state index in [4.69, 9.17) is 4.74 Å². The van der Waals surface area contributed by atoms with Gasteiger partial charge in [-0.25, -0.2) is 0 Å². The average molecular weight is 379 g/mol. The van der Waals surface area contributed by atoms with Gasteiger partial charge in [-0.2, -0.15) is 13.2 Å². The number of hydrogen-bond donors (Lipinski definition) is 1. The zero-order valence-corrected chi connectivity index (χ0v) is 15.3. The Morgan fingerprint density at radius 1 is 1.12 bits per heavy atom. The SMILES string of the molecule is COc1cc([C@H](C2CCCC2)N2CCNCC2)cc(C(F)(F)F)c1.Cl. The molecule has 2 aliphatic rings. The van der Waals surface area contributed by atoms with Gasteiger partial charge in [-0.3, -0.25) is 4.90 Å². The maximum atomic E-state index is 13.3. The van der Waals surface area contributed by atoms with Crippen LogP contribution in [0.3, 0.4) is 0 Å². The first-order chi connectivity index (χ1) is 11.5. The monoisotopic (exact) mass is 378 g/mol. The third-order valence-corrected chi connectivity index (χ3v) is 5.22. The maximum Gasteiger partial charge on any atom is 0.416 e. The molecule has 0 amide bonds. The van der Waals surface area contributed by atoms with Crippen molar-refractivity contribution in [3.05, 3.63) is 29.3 Å². The van der Waals surface area contributed by atoms with Crippen molar-refractivity contribution >= 4 is 12.4 Å². The van der Waals surface area contributed by atoms with Gasteiger partial charge in [0.15, 0.2) is 0 Å². The summed E-state index contributed by atoms with van der Waals surface area (Å²) in [6, 6.07) is 4.26. The number of methoxy groups -OCH3 is 1. The molecule has 0 radical (unpaired) electrons. The summed E-state index contributed by atoms with van der Waals surface area (Å²) in [5.41, 5.74) is 0.130. The largest absolute Gasteiger partial charge is 0.497 e. The summed E-state index contributed by atoms with van der Waals surface area (Å²) >= 11 is 0. The minimum atomic E-state index is -4.35. The van der Waals surface area contributed by atoms with E-state index in [9.17, 15) is 13.2 Å². The van der Waals surface area contributed by atoms with Crippen LogP contribution < -0.4 is 10.1 Å². The van der Waals surface area contributed by atoms with Crippen molar-refractivity contribution in [2.24, 2.45) is 5.92 Å². The second kappa shape index (κ2) is 8.60. The van der Waals surface area contributed by atoms with Crippen molar-refractivity contribution in [2.45, 2.75) is 37.9 Å². The summed E-state index contributed by atoms with van der Waals surface area (Å²) in [6.07, 6.45) is 0.167. The molecule has 1 aromatic carbocycles. The fraction of sp³-hybridized carbons (Fsp3) is 0.667. The lowest BCUT2D eigenvalue weighted by Crippen LogP contribution is -2.46. The van der Waals surface area contributed by atoms with Gasteiger partial charge in [-0.15, -0.1) is 12.4 Å². The summed E-state index contributed by atoms with van der Waals surface area (Å²) in [5.74, 6) is 0.717. The summed E-state index contributed by atoms with van der Waals surface area (Å²) in [7, 11) is 1.43. The van der Waals surface area contributed by atoms with E-state index >= 15 is 0 Å². The number of alkyl halides is 3. The Bertz CT molecular complexity index is 556. The van der Waals surface area contributed by atoms with Gasteiger partial charge in [0.1, 0.15) is 5.75 Å². The van der Waals surface area contributed by atoms with Crippen LogP contribution >= 0.6 is 12.4 Å². The van der Waals surface area contributed by atoms with E-state index in [2.05, 4.69) is 10.2 Å². The van der Waals surface area contributed by atoms with Gasteiger partial charge in [0.25, 0.3) is 0 Å². The van der Waals surface area contributed by atoms with Crippen molar-refractivity contribution in [1.29, 1.82) is 0 Å². The fourth-order valence-electron chi connectivity index (χ4n) is 4.09. The average Bonchev–Trinajstić information content (AvgIpc) is 3.09. The quantitative estimate of drug-likeness (QED) is 0.846. The number of halogens is 4. The minimum Gasteiger partial charge on any atom is -0.497 e. The molecule has 1 aromatic rings. The third-order valence-electron chi connectivity index (χ3n) is 5.22. The Balaban J connectivity index is 0.00000225. The van der Waals surface area contributed by atoms with Crippen LogP contribution in [0.1, 0.15) is 42.9 Å². The molecule has 142 valence electrons. The molecule has 1 aliphatic heterocycles. The number of nitrogens with zero attached hydrogens (tertiary/aromatic N) is 1. The van der Waals surface area contributed by atoms with Crippen molar-refractivity contribution in [3.63, 3.8) is 0 Å². The van der Waals surface area contributed by atoms with E-state index in [1.807, 2.05) is 0 Å². The Kier molecular flexibility index (Phi) is 7.00. The molecule has 0 aromatic heterocycles. The summed E-state index contributed by atoms with van der Waals surface area (Å²) in [5, 5.41) is 3.32. The minimum absolute atomic E-state index is 0. The lowest BCUT2D eigenvalue weighted by atomic mass is 9.88.